The van der Waals surface area contributed by atoms with Gasteiger partial charge in [-0.25, -0.2) is 9.93 Å². The topological polar surface area (TPSA) is 92.7 Å². The van der Waals surface area contributed by atoms with Crippen LogP contribution in [0.5, 0.6) is 0 Å². The second-order valence-electron chi connectivity index (χ2n) is 0.529. The van der Waals surface area contributed by atoms with Gasteiger partial charge >= 0.3 is 55.1 Å². The van der Waals surface area contributed by atoms with Crippen LogP contribution in [0.1, 0.15) is 0 Å². The van der Waals surface area contributed by atoms with Crippen LogP contribution >= 0.6 is 7.82 Å². The molecule has 0 aliphatic rings. The van der Waals surface area contributed by atoms with E-state index in [4.69, 9.17) is 19.6 Å². The van der Waals surface area contributed by atoms with Crippen molar-refractivity contribution < 1.29 is 24.3 Å². The molecule has 0 heterocycles. The minimum atomic E-state index is -5.09. The van der Waals surface area contributed by atoms with E-state index in [1.807, 2.05) is 0 Å². The molecule has 0 spiro atoms. The first-order valence-corrected chi connectivity index (χ1v) is 2.37. The third-order valence-electron chi connectivity index (χ3n) is 0.100. The van der Waals surface area contributed by atoms with Crippen molar-refractivity contribution in [2.45, 2.75) is 0 Å². The zero-order chi connectivity index (χ0) is 5.21. The Morgan fingerprint density at radius 3 is 1.62 bits per heavy atom. The maximum absolute atomic E-state index is 9.00. The van der Waals surface area contributed by atoms with Gasteiger partial charge in [-0.1, -0.05) is 0 Å². The smallest absolute Gasteiger partial charge is 0.788 e. The Morgan fingerprint density at radius 2 is 1.62 bits per heavy atom. The molecule has 0 atom stereocenters. The Morgan fingerprint density at radius 1 is 1.50 bits per heavy atom. The summed E-state index contributed by atoms with van der Waals surface area (Å²) in [5.41, 5.74) is 0. The van der Waals surface area contributed by atoms with Crippen molar-refractivity contribution >= 4 is 62.9 Å². The normalized spacial score (nSPS) is 8.88. The van der Waals surface area contributed by atoms with Gasteiger partial charge in [0.05, 0.1) is 7.82 Å². The third kappa shape index (κ3) is 15.7. The van der Waals surface area contributed by atoms with Crippen molar-refractivity contribution in [2.75, 3.05) is 0 Å². The van der Waals surface area contributed by atoms with Crippen molar-refractivity contribution in [3.8, 4) is 0 Å². The van der Waals surface area contributed by atoms with Gasteiger partial charge in [0, 0.05) is 0 Å². The van der Waals surface area contributed by atoms with Crippen molar-refractivity contribution in [3.05, 3.63) is 0 Å². The first-order chi connectivity index (χ1) is 2.56. The molecule has 0 rings (SSSR count). The Bertz CT molecular complexity index is 76.5. The number of rotatable bonds is 1. The summed E-state index contributed by atoms with van der Waals surface area (Å²) >= 11 is 0. The molecule has 0 unspecified atom stereocenters. The molecule has 0 radical (unpaired) electrons. The van der Waals surface area contributed by atoms with Gasteiger partial charge < -0.3 is 14.4 Å². The van der Waals surface area contributed by atoms with Crippen molar-refractivity contribution in [2.24, 2.45) is 0 Å². The third-order valence-corrected chi connectivity index (χ3v) is 0.300. The molecular formula is HAlCaO5P+3. The molecule has 0 aliphatic carbocycles. The Hall–Kier alpha value is 1.86. The molecule has 0 aromatic heterocycles. The van der Waals surface area contributed by atoms with E-state index in [1.165, 1.54) is 0 Å². The quantitative estimate of drug-likeness (QED) is 0.208. The Labute approximate surface area is 86.3 Å². The maximum Gasteiger partial charge on any atom is 3.00 e. The van der Waals surface area contributed by atoms with Gasteiger partial charge in [0.25, 0.3) is 0 Å². The van der Waals surface area contributed by atoms with Crippen LogP contribution in [0.25, 0.3) is 0 Å². The molecule has 0 saturated heterocycles. The molecule has 1 N–H and O–H groups in total. The summed E-state index contributed by atoms with van der Waals surface area (Å²) in [5, 5.41) is 7.01. The maximum atomic E-state index is 9.00. The summed E-state index contributed by atoms with van der Waals surface area (Å²) in [5.74, 6) is 0. The van der Waals surface area contributed by atoms with Crippen LogP contribution in [0.3, 0.4) is 0 Å². The van der Waals surface area contributed by atoms with Crippen LogP contribution in [-0.2, 0) is 9.24 Å². The molecule has 8 heavy (non-hydrogen) atoms. The average molecular weight is 179 g/mol. The van der Waals surface area contributed by atoms with Crippen molar-refractivity contribution in [1.29, 1.82) is 0 Å². The van der Waals surface area contributed by atoms with Gasteiger partial charge in [0.15, 0.2) is 0 Å². The van der Waals surface area contributed by atoms with Crippen molar-refractivity contribution in [3.63, 3.8) is 0 Å². The zero-order valence-corrected chi connectivity index (χ0v) is 8.07. The molecule has 0 saturated carbocycles. The van der Waals surface area contributed by atoms with Gasteiger partial charge in [-0.3, -0.25) is 0 Å². The SMILES string of the molecule is O=P([O-])([O-])OO.[Al+3].[Ca+2]. The Kier molecular flexibility index (Phi) is 14.3. The predicted molar refractivity (Wildman–Crippen MR) is 22.8 cm³/mol. The van der Waals surface area contributed by atoms with E-state index in [0.29, 0.717) is 0 Å². The molecule has 0 aliphatic heterocycles. The van der Waals surface area contributed by atoms with Crippen LogP contribution in [0.4, 0.5) is 0 Å². The van der Waals surface area contributed by atoms with Crippen molar-refractivity contribution in [1.82, 2.24) is 0 Å². The molecule has 0 aromatic rings. The van der Waals surface area contributed by atoms with Crippen LogP contribution in [0, 0.1) is 0 Å². The van der Waals surface area contributed by atoms with Crippen LogP contribution in [-0.4, -0.2) is 60.4 Å². The molecule has 5 nitrogen and oxygen atoms in total. The molecule has 0 bridgehead atoms. The monoisotopic (exact) mass is 179 g/mol. The van der Waals surface area contributed by atoms with E-state index in [9.17, 15) is 0 Å². The van der Waals surface area contributed by atoms with Crippen LogP contribution in [0.2, 0.25) is 0 Å². The van der Waals surface area contributed by atoms with E-state index < -0.39 is 7.82 Å². The summed E-state index contributed by atoms with van der Waals surface area (Å²) < 4.78 is 11.4. The van der Waals surface area contributed by atoms with Gasteiger partial charge in [0.2, 0.25) is 0 Å². The summed E-state index contributed by atoms with van der Waals surface area (Å²) in [6, 6.07) is 0. The molecule has 0 amide bonds. The number of phosphoric acid groups is 1. The number of hydrogen-bond acceptors (Lipinski definition) is 5. The van der Waals surface area contributed by atoms with Gasteiger partial charge in [-0.05, 0) is 0 Å². The zero-order valence-electron chi connectivity index (χ0n) is 3.81. The molecule has 0 aromatic carbocycles. The fourth-order valence-corrected chi connectivity index (χ4v) is 0. The summed E-state index contributed by atoms with van der Waals surface area (Å²) in [6.07, 6.45) is 0. The second-order valence-corrected chi connectivity index (χ2v) is 1.59. The summed E-state index contributed by atoms with van der Waals surface area (Å²) in [6.45, 7) is 0. The average Bonchev–Trinajstić information content (AvgIpc) is 1.35. The first-order valence-electron chi connectivity index (χ1n) is 0.913. The fraction of sp³-hybridized carbons (Fsp3) is 0. The molecule has 8 heteroatoms. The summed E-state index contributed by atoms with van der Waals surface area (Å²) in [7, 11) is -5.09. The minimum absolute atomic E-state index is 0. The molecule has 38 valence electrons. The van der Waals surface area contributed by atoms with E-state index in [-0.39, 0.29) is 55.1 Å². The van der Waals surface area contributed by atoms with E-state index in [1.54, 1.807) is 0 Å². The predicted octanol–water partition coefficient (Wildman–Crippen LogP) is -2.46. The van der Waals surface area contributed by atoms with E-state index in [0.717, 1.165) is 0 Å². The summed E-state index contributed by atoms with van der Waals surface area (Å²) in [4.78, 5) is 18.0. The molecule has 0 fully saturated rings. The standard InChI is InChI=1S/Al.Ca.H3O5P/c;;1-5-6(2,3)4/h;;1H,(H2,2,3,4)/q+3;+2;/p-2. The van der Waals surface area contributed by atoms with Crippen LogP contribution < -0.4 is 9.79 Å². The van der Waals surface area contributed by atoms with E-state index >= 15 is 0 Å². The molecular weight excluding hydrogens is 178 g/mol. The van der Waals surface area contributed by atoms with Gasteiger partial charge in [-0.15, -0.1) is 0 Å². The van der Waals surface area contributed by atoms with Crippen LogP contribution in [0.15, 0.2) is 0 Å². The van der Waals surface area contributed by atoms with Gasteiger partial charge in [-0.2, -0.15) is 0 Å². The van der Waals surface area contributed by atoms with Gasteiger partial charge in [0.1, 0.15) is 0 Å². The second kappa shape index (κ2) is 6.98. The number of hydrogen-bond donors (Lipinski definition) is 1. The minimum Gasteiger partial charge on any atom is -0.788 e. The largest absolute Gasteiger partial charge is 3.00 e. The Balaban J connectivity index is -0.000000125. The van der Waals surface area contributed by atoms with E-state index in [2.05, 4.69) is 4.67 Å². The fourth-order valence-electron chi connectivity index (χ4n) is 0. The first kappa shape index (κ1) is 16.4.